The number of aromatic hydroxyl groups is 1. The minimum atomic E-state index is 0.308. The van der Waals surface area contributed by atoms with Gasteiger partial charge in [-0.3, -0.25) is 0 Å². The van der Waals surface area contributed by atoms with Crippen LogP contribution < -0.4 is 5.32 Å². The molecule has 17 heavy (non-hydrogen) atoms. The van der Waals surface area contributed by atoms with Crippen LogP contribution in [-0.2, 0) is 6.54 Å². The third-order valence-corrected chi connectivity index (χ3v) is 3.40. The second kappa shape index (κ2) is 6.24. The molecule has 1 heterocycles. The first-order valence-electron chi connectivity index (χ1n) is 6.16. The molecule has 2 N–H and O–H groups in total. The molecule has 2 rings (SSSR count). The van der Waals surface area contributed by atoms with Gasteiger partial charge in [-0.15, -0.1) is 0 Å². The van der Waals surface area contributed by atoms with Gasteiger partial charge in [0.1, 0.15) is 5.75 Å². The average molecular weight is 255 g/mol. The topological polar surface area (TPSA) is 35.5 Å². The summed E-state index contributed by atoms with van der Waals surface area (Å²) >= 11 is 5.89. The highest BCUT2D eigenvalue weighted by Gasteiger charge is 2.10. The summed E-state index contributed by atoms with van der Waals surface area (Å²) in [6.45, 7) is 5.15. The van der Waals surface area contributed by atoms with Crippen LogP contribution in [0.4, 0.5) is 0 Å². The Morgan fingerprint density at radius 2 is 2.06 bits per heavy atom. The van der Waals surface area contributed by atoms with Gasteiger partial charge < -0.3 is 15.3 Å². The van der Waals surface area contributed by atoms with Crippen molar-refractivity contribution in [3.63, 3.8) is 0 Å². The molecule has 0 spiro atoms. The summed E-state index contributed by atoms with van der Waals surface area (Å²) in [6.07, 6.45) is 2.66. The van der Waals surface area contributed by atoms with Crippen molar-refractivity contribution in [1.29, 1.82) is 0 Å². The molecule has 0 radical (unpaired) electrons. The molecule has 1 aliphatic heterocycles. The lowest BCUT2D eigenvalue weighted by Gasteiger charge is -2.15. The van der Waals surface area contributed by atoms with Gasteiger partial charge in [0.25, 0.3) is 0 Å². The van der Waals surface area contributed by atoms with Crippen LogP contribution in [0.2, 0.25) is 5.02 Å². The van der Waals surface area contributed by atoms with Gasteiger partial charge in [0.05, 0.1) is 0 Å². The standard InChI is InChI=1S/C13H19ClN2O/c14-12-3-4-13(17)11(9-12)10-15-5-8-16-6-1-2-7-16/h3-4,9,15,17H,1-2,5-8,10H2. The number of likely N-dealkylation sites (tertiary alicyclic amines) is 1. The molecule has 1 aromatic rings. The maximum absolute atomic E-state index is 9.64. The number of phenolic OH excluding ortho intramolecular Hbond substituents is 1. The molecule has 0 bridgehead atoms. The highest BCUT2D eigenvalue weighted by Crippen LogP contribution is 2.20. The van der Waals surface area contributed by atoms with Crippen LogP contribution in [0.15, 0.2) is 18.2 Å². The number of halogens is 1. The molecule has 1 fully saturated rings. The van der Waals surface area contributed by atoms with Gasteiger partial charge in [0, 0.05) is 30.2 Å². The maximum atomic E-state index is 9.64. The fourth-order valence-electron chi connectivity index (χ4n) is 2.16. The first-order chi connectivity index (χ1) is 8.25. The number of hydrogen-bond donors (Lipinski definition) is 2. The van der Waals surface area contributed by atoms with Crippen LogP contribution in [0, 0.1) is 0 Å². The van der Waals surface area contributed by atoms with E-state index >= 15 is 0 Å². The van der Waals surface area contributed by atoms with Crippen molar-refractivity contribution in [2.24, 2.45) is 0 Å². The highest BCUT2D eigenvalue weighted by atomic mass is 35.5. The van der Waals surface area contributed by atoms with Gasteiger partial charge in [0.2, 0.25) is 0 Å². The molecular weight excluding hydrogens is 236 g/mol. The Balaban J connectivity index is 1.72. The van der Waals surface area contributed by atoms with E-state index in [0.717, 1.165) is 18.7 Å². The molecule has 0 atom stereocenters. The second-order valence-corrected chi connectivity index (χ2v) is 4.93. The quantitative estimate of drug-likeness (QED) is 0.791. The van der Waals surface area contributed by atoms with Crippen LogP contribution in [0.1, 0.15) is 18.4 Å². The Morgan fingerprint density at radius 1 is 1.29 bits per heavy atom. The molecule has 0 aromatic heterocycles. The van der Waals surface area contributed by atoms with E-state index in [1.54, 1.807) is 18.2 Å². The average Bonchev–Trinajstić information content (AvgIpc) is 2.82. The largest absolute Gasteiger partial charge is 0.508 e. The molecule has 1 aromatic carbocycles. The minimum Gasteiger partial charge on any atom is -0.508 e. The SMILES string of the molecule is Oc1ccc(Cl)cc1CNCCN1CCCC1. The van der Waals surface area contributed by atoms with Crippen molar-refractivity contribution in [2.75, 3.05) is 26.2 Å². The van der Waals surface area contributed by atoms with E-state index < -0.39 is 0 Å². The summed E-state index contributed by atoms with van der Waals surface area (Å²) in [5, 5.41) is 13.6. The molecule has 1 saturated heterocycles. The Labute approximate surface area is 107 Å². The first-order valence-corrected chi connectivity index (χ1v) is 6.54. The van der Waals surface area contributed by atoms with Crippen molar-refractivity contribution >= 4 is 11.6 Å². The summed E-state index contributed by atoms with van der Waals surface area (Å²) in [5.74, 6) is 0.308. The zero-order valence-corrected chi connectivity index (χ0v) is 10.7. The number of benzene rings is 1. The second-order valence-electron chi connectivity index (χ2n) is 4.50. The number of hydrogen-bond acceptors (Lipinski definition) is 3. The molecule has 3 nitrogen and oxygen atoms in total. The zero-order valence-electron chi connectivity index (χ0n) is 9.95. The third-order valence-electron chi connectivity index (χ3n) is 3.16. The van der Waals surface area contributed by atoms with Gasteiger partial charge in [-0.25, -0.2) is 0 Å². The van der Waals surface area contributed by atoms with Crippen molar-refractivity contribution in [1.82, 2.24) is 10.2 Å². The Kier molecular flexibility index (Phi) is 4.66. The molecule has 0 unspecified atom stereocenters. The Bertz CT molecular complexity index is 364. The van der Waals surface area contributed by atoms with Crippen molar-refractivity contribution in [2.45, 2.75) is 19.4 Å². The third kappa shape index (κ3) is 3.87. The lowest BCUT2D eigenvalue weighted by atomic mass is 10.2. The molecule has 94 valence electrons. The van der Waals surface area contributed by atoms with Crippen LogP contribution in [0.25, 0.3) is 0 Å². The van der Waals surface area contributed by atoms with Gasteiger partial charge in [-0.05, 0) is 44.1 Å². The summed E-state index contributed by atoms with van der Waals surface area (Å²) in [7, 11) is 0. The fraction of sp³-hybridized carbons (Fsp3) is 0.538. The Hall–Kier alpha value is -0.770. The number of nitrogens with zero attached hydrogens (tertiary/aromatic N) is 1. The predicted octanol–water partition coefficient (Wildman–Crippen LogP) is 2.23. The number of nitrogens with one attached hydrogen (secondary N) is 1. The van der Waals surface area contributed by atoms with Crippen LogP contribution in [0.5, 0.6) is 5.75 Å². The van der Waals surface area contributed by atoms with Crippen molar-refractivity contribution < 1.29 is 5.11 Å². The summed E-state index contributed by atoms with van der Waals surface area (Å²) < 4.78 is 0. The summed E-state index contributed by atoms with van der Waals surface area (Å²) in [5.41, 5.74) is 0.860. The monoisotopic (exact) mass is 254 g/mol. The van der Waals surface area contributed by atoms with Gasteiger partial charge >= 0.3 is 0 Å². The van der Waals surface area contributed by atoms with Crippen LogP contribution >= 0.6 is 11.6 Å². The summed E-state index contributed by atoms with van der Waals surface area (Å²) in [4.78, 5) is 2.46. The maximum Gasteiger partial charge on any atom is 0.120 e. The molecule has 0 amide bonds. The molecule has 0 saturated carbocycles. The lowest BCUT2D eigenvalue weighted by Crippen LogP contribution is -2.29. The van der Waals surface area contributed by atoms with Gasteiger partial charge in [-0.2, -0.15) is 0 Å². The number of phenols is 1. The van der Waals surface area contributed by atoms with E-state index in [1.807, 2.05) is 0 Å². The van der Waals surface area contributed by atoms with Gasteiger partial charge in [0.15, 0.2) is 0 Å². The number of rotatable bonds is 5. The fourth-order valence-corrected chi connectivity index (χ4v) is 2.36. The van der Waals surface area contributed by atoms with Gasteiger partial charge in [-0.1, -0.05) is 11.6 Å². The molecule has 0 aliphatic carbocycles. The van der Waals surface area contributed by atoms with E-state index in [0.29, 0.717) is 17.3 Å². The first kappa shape index (κ1) is 12.7. The van der Waals surface area contributed by atoms with Crippen molar-refractivity contribution in [3.8, 4) is 5.75 Å². The van der Waals surface area contributed by atoms with E-state index in [2.05, 4.69) is 10.2 Å². The minimum absolute atomic E-state index is 0.308. The normalized spacial score (nSPS) is 16.5. The van der Waals surface area contributed by atoms with Crippen molar-refractivity contribution in [3.05, 3.63) is 28.8 Å². The summed E-state index contributed by atoms with van der Waals surface area (Å²) in [6, 6.07) is 5.14. The molecule has 1 aliphatic rings. The predicted molar refractivity (Wildman–Crippen MR) is 70.5 cm³/mol. The van der Waals surface area contributed by atoms with Crippen LogP contribution in [0.3, 0.4) is 0 Å². The zero-order chi connectivity index (χ0) is 12.1. The van der Waals surface area contributed by atoms with E-state index in [9.17, 15) is 5.11 Å². The van der Waals surface area contributed by atoms with E-state index in [4.69, 9.17) is 11.6 Å². The smallest absolute Gasteiger partial charge is 0.120 e. The molecular formula is C13H19ClN2O. The Morgan fingerprint density at radius 3 is 2.82 bits per heavy atom. The van der Waals surface area contributed by atoms with Crippen LogP contribution in [-0.4, -0.2) is 36.2 Å². The highest BCUT2D eigenvalue weighted by molar-refractivity contribution is 6.30. The molecule has 4 heteroatoms. The van der Waals surface area contributed by atoms with E-state index in [1.165, 1.54) is 25.9 Å². The lowest BCUT2D eigenvalue weighted by molar-refractivity contribution is 0.335. The van der Waals surface area contributed by atoms with E-state index in [-0.39, 0.29) is 0 Å².